The second-order valence-corrected chi connectivity index (χ2v) is 4.81. The Kier molecular flexibility index (Phi) is 7.23. The Balaban J connectivity index is 0.00000139. The van der Waals surface area contributed by atoms with Crippen LogP contribution in [-0.2, 0) is 10.5 Å². The molecule has 0 bridgehead atoms. The number of aromatic nitrogens is 2. The number of hydrogen-bond acceptors (Lipinski definition) is 7. The van der Waals surface area contributed by atoms with E-state index in [1.165, 1.54) is 7.11 Å². The van der Waals surface area contributed by atoms with Gasteiger partial charge in [-0.15, -0.1) is 4.36 Å². The van der Waals surface area contributed by atoms with Gasteiger partial charge in [0.2, 0.25) is 5.88 Å². The smallest absolute Gasteiger partial charge is 0.316 e. The van der Waals surface area contributed by atoms with Crippen molar-refractivity contribution in [1.29, 1.82) is 5.26 Å². The lowest BCUT2D eigenvalue weighted by molar-refractivity contribution is 0.397. The Hall–Kier alpha value is -2.57. The quantitative estimate of drug-likeness (QED) is 0.818. The summed E-state index contributed by atoms with van der Waals surface area (Å²) in [5.41, 5.74) is -0.596. The Labute approximate surface area is 144 Å². The van der Waals surface area contributed by atoms with Crippen LogP contribution in [0.4, 0.5) is 10.1 Å². The summed E-state index contributed by atoms with van der Waals surface area (Å²) in [6.45, 7) is 4.00. The molecule has 1 aromatic carbocycles. The van der Waals surface area contributed by atoms with Crippen molar-refractivity contribution in [3.05, 3.63) is 34.9 Å². The maximum absolute atomic E-state index is 14.1. The van der Waals surface area contributed by atoms with Crippen LogP contribution >= 0.6 is 11.6 Å². The number of nitriles is 1. The van der Waals surface area contributed by atoms with Crippen molar-refractivity contribution in [2.75, 3.05) is 7.11 Å². The minimum Gasteiger partial charge on any atom is -0.480 e. The molecule has 0 unspecified atom stereocenters. The third-order valence-electron chi connectivity index (χ3n) is 2.58. The van der Waals surface area contributed by atoms with E-state index in [0.29, 0.717) is 0 Å². The van der Waals surface area contributed by atoms with Gasteiger partial charge in [0, 0.05) is 5.56 Å². The van der Waals surface area contributed by atoms with Gasteiger partial charge in [-0.25, -0.2) is 14.4 Å². The summed E-state index contributed by atoms with van der Waals surface area (Å²) in [4.78, 5) is 7.61. The van der Waals surface area contributed by atoms with Crippen molar-refractivity contribution in [3.8, 4) is 23.2 Å². The molecule has 0 N–H and O–H groups in total. The number of methoxy groups -OCH3 is 1. The fraction of sp³-hybridized carbons (Fsp3) is 0.214. The first kappa shape index (κ1) is 19.5. The molecule has 0 aliphatic carbocycles. The maximum Gasteiger partial charge on any atom is 0.316 e. The van der Waals surface area contributed by atoms with E-state index in [1.54, 1.807) is 6.07 Å². The van der Waals surface area contributed by atoms with E-state index >= 15 is 0 Å². The van der Waals surface area contributed by atoms with Crippen LogP contribution in [0, 0.1) is 17.1 Å². The Morgan fingerprint density at radius 2 is 2.00 bits per heavy atom. The summed E-state index contributed by atoms with van der Waals surface area (Å²) in [6.07, 6.45) is 1.11. The van der Waals surface area contributed by atoms with Gasteiger partial charge < -0.3 is 4.74 Å². The first-order valence-electron chi connectivity index (χ1n) is 6.57. The first-order valence-corrected chi connectivity index (χ1v) is 7.98. The summed E-state index contributed by atoms with van der Waals surface area (Å²) in [6, 6.07) is 3.58. The van der Waals surface area contributed by atoms with Gasteiger partial charge in [0.15, 0.2) is 0 Å². The second kappa shape index (κ2) is 8.90. The van der Waals surface area contributed by atoms with Crippen molar-refractivity contribution in [2.45, 2.75) is 13.8 Å². The molecule has 0 saturated carbocycles. The lowest BCUT2D eigenvalue weighted by atomic mass is 10.1. The summed E-state index contributed by atoms with van der Waals surface area (Å²) < 4.78 is 43.7. The van der Waals surface area contributed by atoms with Gasteiger partial charge in [-0.3, -0.25) is 0 Å². The van der Waals surface area contributed by atoms with E-state index in [1.807, 2.05) is 13.8 Å². The predicted molar refractivity (Wildman–Crippen MR) is 86.1 cm³/mol. The van der Waals surface area contributed by atoms with Crippen LogP contribution in [0.25, 0.3) is 11.3 Å². The van der Waals surface area contributed by atoms with Crippen LogP contribution in [0.3, 0.4) is 0 Å². The lowest BCUT2D eigenvalue weighted by Gasteiger charge is -2.08. The van der Waals surface area contributed by atoms with Gasteiger partial charge in [-0.1, -0.05) is 25.4 Å². The summed E-state index contributed by atoms with van der Waals surface area (Å²) in [5.74, 6) is -0.781. The maximum atomic E-state index is 14.1. The molecule has 7 nitrogen and oxygen atoms in total. The molecule has 1 heterocycles. The minimum absolute atomic E-state index is 0.0105. The standard InChI is InChI=1S/C12H6ClFN4O3S.C2H6/c1-21-12-10(13)11(16-5-17-12)7-3-9(18-22(19)20)6(4-15)2-8(7)14;1-2/h2-3,5H,1H3;1-2H3. The molecule has 2 aromatic rings. The molecular formula is C14H12ClFN4O3S. The molecule has 24 heavy (non-hydrogen) atoms. The fourth-order valence-electron chi connectivity index (χ4n) is 1.67. The van der Waals surface area contributed by atoms with Crippen LogP contribution < -0.4 is 4.74 Å². The van der Waals surface area contributed by atoms with E-state index in [-0.39, 0.29) is 33.4 Å². The van der Waals surface area contributed by atoms with Gasteiger partial charge in [0.05, 0.1) is 24.1 Å². The topological polar surface area (TPSA) is 105 Å². The molecule has 1 aromatic heterocycles. The number of benzene rings is 1. The van der Waals surface area contributed by atoms with Crippen LogP contribution in [-0.4, -0.2) is 25.5 Å². The average Bonchev–Trinajstić information content (AvgIpc) is 2.58. The molecule has 0 amide bonds. The summed E-state index contributed by atoms with van der Waals surface area (Å²) in [7, 11) is -1.47. The van der Waals surface area contributed by atoms with E-state index in [0.717, 1.165) is 18.5 Å². The van der Waals surface area contributed by atoms with E-state index in [2.05, 4.69) is 14.3 Å². The molecule has 126 valence electrons. The van der Waals surface area contributed by atoms with Crippen LogP contribution in [0.15, 0.2) is 22.8 Å². The summed E-state index contributed by atoms with van der Waals surface area (Å²) >= 11 is 6.01. The lowest BCUT2D eigenvalue weighted by Crippen LogP contribution is -1.96. The second-order valence-electron chi connectivity index (χ2n) is 3.81. The SMILES string of the molecule is CC.COc1ncnc(-c2cc(N=S(=O)=O)c(C#N)cc2F)c1Cl. The molecular weight excluding hydrogens is 359 g/mol. The van der Waals surface area contributed by atoms with Crippen molar-refractivity contribution < 1.29 is 17.5 Å². The van der Waals surface area contributed by atoms with Crippen molar-refractivity contribution in [3.63, 3.8) is 0 Å². The summed E-state index contributed by atoms with van der Waals surface area (Å²) in [5, 5.41) is 8.85. The Morgan fingerprint density at radius 3 is 2.54 bits per heavy atom. The van der Waals surface area contributed by atoms with E-state index < -0.39 is 16.3 Å². The Morgan fingerprint density at radius 1 is 1.33 bits per heavy atom. The predicted octanol–water partition coefficient (Wildman–Crippen LogP) is 3.54. The number of ether oxygens (including phenoxy) is 1. The van der Waals surface area contributed by atoms with E-state index in [4.69, 9.17) is 21.6 Å². The third-order valence-corrected chi connectivity index (χ3v) is 3.27. The average molecular weight is 371 g/mol. The normalized spacial score (nSPS) is 9.33. The van der Waals surface area contributed by atoms with Crippen LogP contribution in [0.5, 0.6) is 5.88 Å². The third kappa shape index (κ3) is 4.24. The highest BCUT2D eigenvalue weighted by Crippen LogP contribution is 2.36. The fourth-order valence-corrected chi connectivity index (χ4v) is 2.26. The highest BCUT2D eigenvalue weighted by atomic mass is 35.5. The number of hydrogen-bond donors (Lipinski definition) is 0. The molecule has 0 fully saturated rings. The molecule has 0 saturated heterocycles. The van der Waals surface area contributed by atoms with Crippen LogP contribution in [0.1, 0.15) is 19.4 Å². The van der Waals surface area contributed by atoms with Gasteiger partial charge in [0.1, 0.15) is 23.2 Å². The minimum atomic E-state index is -2.80. The molecule has 0 radical (unpaired) electrons. The monoisotopic (exact) mass is 370 g/mol. The van der Waals surface area contributed by atoms with Gasteiger partial charge in [-0.05, 0) is 12.1 Å². The van der Waals surface area contributed by atoms with E-state index in [9.17, 15) is 12.8 Å². The number of rotatable bonds is 3. The van der Waals surface area contributed by atoms with Gasteiger partial charge in [0.25, 0.3) is 0 Å². The van der Waals surface area contributed by atoms with Crippen molar-refractivity contribution in [1.82, 2.24) is 9.97 Å². The highest BCUT2D eigenvalue weighted by Gasteiger charge is 2.18. The van der Waals surface area contributed by atoms with Gasteiger partial charge >= 0.3 is 10.5 Å². The molecule has 0 atom stereocenters. The Bertz CT molecular complexity index is 918. The zero-order chi connectivity index (χ0) is 18.3. The molecule has 0 spiro atoms. The largest absolute Gasteiger partial charge is 0.480 e. The van der Waals surface area contributed by atoms with Crippen LogP contribution in [0.2, 0.25) is 5.02 Å². The number of halogens is 2. The number of nitrogens with zero attached hydrogens (tertiary/aromatic N) is 4. The highest BCUT2D eigenvalue weighted by molar-refractivity contribution is 7.61. The molecule has 0 aliphatic rings. The first-order chi connectivity index (χ1) is 11.5. The van der Waals surface area contributed by atoms with Gasteiger partial charge in [-0.2, -0.15) is 13.7 Å². The van der Waals surface area contributed by atoms with Crippen molar-refractivity contribution in [2.24, 2.45) is 4.36 Å². The molecule has 0 aliphatic heterocycles. The zero-order valence-corrected chi connectivity index (χ0v) is 14.5. The van der Waals surface area contributed by atoms with Crippen molar-refractivity contribution >= 4 is 27.8 Å². The molecule has 10 heteroatoms. The zero-order valence-electron chi connectivity index (χ0n) is 12.9. The molecule has 2 rings (SSSR count).